The van der Waals surface area contributed by atoms with Crippen LogP contribution in [0.5, 0.6) is 0 Å². The van der Waals surface area contributed by atoms with Crippen molar-refractivity contribution in [1.82, 2.24) is 14.6 Å². The summed E-state index contributed by atoms with van der Waals surface area (Å²) in [5.74, 6) is -0.469. The first-order valence-corrected chi connectivity index (χ1v) is 8.37. The van der Waals surface area contributed by atoms with E-state index in [9.17, 15) is 4.79 Å². The average molecular weight is 356 g/mol. The molecule has 0 spiro atoms. The van der Waals surface area contributed by atoms with Crippen molar-refractivity contribution in [2.75, 3.05) is 7.11 Å². The maximum Gasteiger partial charge on any atom is 0.343 e. The molecule has 2 heterocycles. The van der Waals surface area contributed by atoms with Crippen LogP contribution in [0.1, 0.15) is 21.5 Å². The molecule has 0 saturated heterocycles. The summed E-state index contributed by atoms with van der Waals surface area (Å²) in [7, 11) is 1.33. The summed E-state index contributed by atoms with van der Waals surface area (Å²) in [4.78, 5) is 20.9. The van der Waals surface area contributed by atoms with Crippen molar-refractivity contribution in [1.29, 1.82) is 0 Å². The van der Waals surface area contributed by atoms with Crippen LogP contribution in [0.15, 0.2) is 84.2 Å². The minimum atomic E-state index is -0.469. The lowest BCUT2D eigenvalue weighted by atomic mass is 10.0. The molecule has 6 heteroatoms. The average Bonchev–Trinajstić information content (AvgIpc) is 3.16. The van der Waals surface area contributed by atoms with E-state index in [-0.39, 0.29) is 0 Å². The van der Waals surface area contributed by atoms with Crippen LogP contribution in [0.3, 0.4) is 0 Å². The molecule has 0 radical (unpaired) electrons. The molecule has 0 fully saturated rings. The van der Waals surface area contributed by atoms with Gasteiger partial charge in [-0.15, -0.1) is 0 Å². The summed E-state index contributed by atoms with van der Waals surface area (Å²) in [6.07, 6.45) is 4.80. The lowest BCUT2D eigenvalue weighted by Gasteiger charge is -2.07. The summed E-state index contributed by atoms with van der Waals surface area (Å²) in [5, 5.41) is 4.19. The number of carbonyl (C=O) groups is 1. The number of ether oxygens (including phenoxy) is 1. The minimum absolute atomic E-state index is 0.319. The van der Waals surface area contributed by atoms with Gasteiger partial charge in [0.2, 0.25) is 0 Å². The number of aliphatic imine (C=N–C) groups is 1. The highest BCUT2D eigenvalue weighted by Gasteiger charge is 2.14. The van der Waals surface area contributed by atoms with Gasteiger partial charge in [0.05, 0.1) is 31.4 Å². The van der Waals surface area contributed by atoms with Gasteiger partial charge in [-0.3, -0.25) is 0 Å². The zero-order chi connectivity index (χ0) is 18.6. The molecule has 0 saturated carbocycles. The van der Waals surface area contributed by atoms with Crippen LogP contribution >= 0.6 is 0 Å². The Bertz CT molecular complexity index is 1080. The Kier molecular flexibility index (Phi) is 4.45. The van der Waals surface area contributed by atoms with Crippen LogP contribution in [0.2, 0.25) is 0 Å². The van der Waals surface area contributed by atoms with Crippen molar-refractivity contribution in [3.63, 3.8) is 0 Å². The van der Waals surface area contributed by atoms with Gasteiger partial charge in [0.25, 0.3) is 0 Å². The van der Waals surface area contributed by atoms with E-state index < -0.39 is 5.97 Å². The maximum atomic E-state index is 11.8. The van der Waals surface area contributed by atoms with Gasteiger partial charge in [-0.25, -0.2) is 19.3 Å². The first-order chi connectivity index (χ1) is 13.3. The van der Waals surface area contributed by atoms with Gasteiger partial charge >= 0.3 is 5.97 Å². The fourth-order valence-corrected chi connectivity index (χ4v) is 2.79. The van der Waals surface area contributed by atoms with Gasteiger partial charge in [0.15, 0.2) is 5.65 Å². The standard InChI is InChI=1S/C21H16N4O2/c1-27-21(26)18-13-23-25-14-17(12-22-20(18)25)24-19(15-8-4-2-5-9-15)16-10-6-3-7-11-16/h2-14H,1H3. The van der Waals surface area contributed by atoms with Crippen molar-refractivity contribution in [2.45, 2.75) is 0 Å². The Hall–Kier alpha value is -3.80. The minimum Gasteiger partial charge on any atom is -0.465 e. The number of benzene rings is 2. The normalized spacial score (nSPS) is 10.6. The van der Waals surface area contributed by atoms with Gasteiger partial charge < -0.3 is 4.74 Å². The molecular weight excluding hydrogens is 340 g/mol. The third-order valence-electron chi connectivity index (χ3n) is 4.08. The second-order valence-electron chi connectivity index (χ2n) is 5.82. The third kappa shape index (κ3) is 3.32. The fraction of sp³-hybridized carbons (Fsp3) is 0.0476. The van der Waals surface area contributed by atoms with E-state index in [0.29, 0.717) is 16.9 Å². The molecule has 0 amide bonds. The quantitative estimate of drug-likeness (QED) is 0.413. The molecule has 0 aliphatic carbocycles. The molecule has 27 heavy (non-hydrogen) atoms. The lowest BCUT2D eigenvalue weighted by molar-refractivity contribution is 0.0602. The Morgan fingerprint density at radius 1 is 0.963 bits per heavy atom. The monoisotopic (exact) mass is 356 g/mol. The number of esters is 1. The molecule has 132 valence electrons. The number of methoxy groups -OCH3 is 1. The van der Waals surface area contributed by atoms with Crippen LogP contribution in [0, 0.1) is 0 Å². The van der Waals surface area contributed by atoms with Crippen LogP contribution < -0.4 is 0 Å². The number of hydrogen-bond acceptors (Lipinski definition) is 5. The van der Waals surface area contributed by atoms with Crippen molar-refractivity contribution in [3.05, 3.63) is 95.9 Å². The fourth-order valence-electron chi connectivity index (χ4n) is 2.79. The van der Waals surface area contributed by atoms with E-state index >= 15 is 0 Å². The van der Waals surface area contributed by atoms with Gasteiger partial charge in [-0.05, 0) is 0 Å². The number of aromatic nitrogens is 3. The summed E-state index contributed by atoms with van der Waals surface area (Å²) >= 11 is 0. The molecule has 0 unspecified atom stereocenters. The lowest BCUT2D eigenvalue weighted by Crippen LogP contribution is -2.03. The van der Waals surface area contributed by atoms with E-state index in [1.807, 2.05) is 60.7 Å². The summed E-state index contributed by atoms with van der Waals surface area (Å²) in [6.45, 7) is 0. The molecule has 4 rings (SSSR count). The van der Waals surface area contributed by atoms with Crippen LogP contribution in [-0.2, 0) is 4.74 Å². The highest BCUT2D eigenvalue weighted by atomic mass is 16.5. The van der Waals surface area contributed by atoms with Crippen molar-refractivity contribution >= 4 is 23.0 Å². The number of fused-ring (bicyclic) bond motifs is 1. The molecule has 0 aliphatic rings. The Morgan fingerprint density at radius 3 is 2.19 bits per heavy atom. The smallest absolute Gasteiger partial charge is 0.343 e. The summed E-state index contributed by atoms with van der Waals surface area (Å²) < 4.78 is 6.28. The van der Waals surface area contributed by atoms with E-state index in [0.717, 1.165) is 16.8 Å². The molecule has 4 aromatic rings. The van der Waals surface area contributed by atoms with Gasteiger partial charge in [-0.1, -0.05) is 60.7 Å². The molecule has 2 aromatic carbocycles. The third-order valence-corrected chi connectivity index (χ3v) is 4.08. The second kappa shape index (κ2) is 7.21. The first-order valence-electron chi connectivity index (χ1n) is 8.37. The first kappa shape index (κ1) is 16.7. The van der Waals surface area contributed by atoms with Crippen molar-refractivity contribution in [2.24, 2.45) is 4.99 Å². The Morgan fingerprint density at radius 2 is 1.59 bits per heavy atom. The molecule has 6 nitrogen and oxygen atoms in total. The molecule has 2 aromatic heterocycles. The number of carbonyl (C=O) groups excluding carboxylic acids is 1. The predicted octanol–water partition coefficient (Wildman–Crippen LogP) is 3.69. The second-order valence-corrected chi connectivity index (χ2v) is 5.82. The van der Waals surface area contributed by atoms with Crippen LogP contribution in [0.4, 0.5) is 5.69 Å². The molecular formula is C21H16N4O2. The zero-order valence-corrected chi connectivity index (χ0v) is 14.6. The van der Waals surface area contributed by atoms with Crippen LogP contribution in [0.25, 0.3) is 5.65 Å². The zero-order valence-electron chi connectivity index (χ0n) is 14.6. The summed E-state index contributed by atoms with van der Waals surface area (Å²) in [5.41, 5.74) is 4.21. The van der Waals surface area contributed by atoms with Gasteiger partial charge in [0, 0.05) is 11.1 Å². The maximum absolute atomic E-state index is 11.8. The number of hydrogen-bond donors (Lipinski definition) is 0. The van der Waals surface area contributed by atoms with Crippen LogP contribution in [-0.4, -0.2) is 33.4 Å². The van der Waals surface area contributed by atoms with E-state index in [1.54, 1.807) is 12.4 Å². The number of nitrogens with zero attached hydrogens (tertiary/aromatic N) is 4. The van der Waals surface area contributed by atoms with E-state index in [2.05, 4.69) is 10.1 Å². The highest BCUT2D eigenvalue weighted by Crippen LogP contribution is 2.19. The van der Waals surface area contributed by atoms with Gasteiger partial charge in [-0.2, -0.15) is 5.10 Å². The topological polar surface area (TPSA) is 68.8 Å². The SMILES string of the molecule is COC(=O)c1cnn2cc(N=C(c3ccccc3)c3ccccc3)cnc12. The Labute approximate surface area is 155 Å². The summed E-state index contributed by atoms with van der Waals surface area (Å²) in [6, 6.07) is 19.9. The predicted molar refractivity (Wildman–Crippen MR) is 103 cm³/mol. The molecule has 0 aliphatic heterocycles. The van der Waals surface area contributed by atoms with Crippen molar-refractivity contribution < 1.29 is 9.53 Å². The van der Waals surface area contributed by atoms with E-state index in [4.69, 9.17) is 9.73 Å². The molecule has 0 atom stereocenters. The highest BCUT2D eigenvalue weighted by molar-refractivity contribution is 6.13. The Balaban J connectivity index is 1.82. The number of rotatable bonds is 4. The largest absolute Gasteiger partial charge is 0.465 e. The van der Waals surface area contributed by atoms with E-state index in [1.165, 1.54) is 17.8 Å². The molecule has 0 N–H and O–H groups in total. The molecule has 0 bridgehead atoms. The van der Waals surface area contributed by atoms with Crippen molar-refractivity contribution in [3.8, 4) is 0 Å². The van der Waals surface area contributed by atoms with Gasteiger partial charge in [0.1, 0.15) is 11.3 Å².